The van der Waals surface area contributed by atoms with Gasteiger partial charge in [-0.05, 0) is 43.9 Å². The molecule has 140 valence electrons. The Balaban J connectivity index is 1.46. The molecule has 27 heavy (non-hydrogen) atoms. The van der Waals surface area contributed by atoms with E-state index < -0.39 is 0 Å². The fraction of sp³-hybridized carbons (Fsp3) is 0.400. The van der Waals surface area contributed by atoms with Crippen molar-refractivity contribution in [2.45, 2.75) is 38.3 Å². The topological polar surface area (TPSA) is 68.8 Å². The summed E-state index contributed by atoms with van der Waals surface area (Å²) in [5.41, 5.74) is 2.42. The smallest absolute Gasteiger partial charge is 0.255 e. The van der Waals surface area contributed by atoms with Gasteiger partial charge in [-0.3, -0.25) is 19.1 Å². The minimum absolute atomic E-state index is 0.0744. The second kappa shape index (κ2) is 7.73. The van der Waals surface area contributed by atoms with Crippen LogP contribution in [0.4, 0.5) is 0 Å². The van der Waals surface area contributed by atoms with E-state index in [2.05, 4.69) is 15.2 Å². The molecular formula is C20H24N6O. The van der Waals surface area contributed by atoms with Crippen molar-refractivity contribution in [3.63, 3.8) is 0 Å². The second-order valence-electron chi connectivity index (χ2n) is 7.04. The molecule has 0 N–H and O–H groups in total. The van der Waals surface area contributed by atoms with Crippen LogP contribution in [0.3, 0.4) is 0 Å². The number of likely N-dealkylation sites (tertiary alicyclic amines) is 1. The van der Waals surface area contributed by atoms with Crippen LogP contribution >= 0.6 is 0 Å². The third-order valence-corrected chi connectivity index (χ3v) is 5.15. The number of hydrogen-bond donors (Lipinski definition) is 0. The van der Waals surface area contributed by atoms with Gasteiger partial charge in [0.05, 0.1) is 17.5 Å². The quantitative estimate of drug-likeness (QED) is 0.698. The zero-order valence-corrected chi connectivity index (χ0v) is 15.5. The Labute approximate surface area is 158 Å². The van der Waals surface area contributed by atoms with Crippen LogP contribution in [0.15, 0.2) is 49.2 Å². The lowest BCUT2D eigenvalue weighted by Crippen LogP contribution is -2.44. The summed E-state index contributed by atoms with van der Waals surface area (Å²) in [5, 5.41) is 8.44. The van der Waals surface area contributed by atoms with Crippen LogP contribution in [-0.4, -0.2) is 47.9 Å². The molecule has 3 aromatic heterocycles. The van der Waals surface area contributed by atoms with Gasteiger partial charge in [-0.25, -0.2) is 0 Å². The lowest BCUT2D eigenvalue weighted by molar-refractivity contribution is 0.0593. The molecule has 1 saturated heterocycles. The molecule has 7 nitrogen and oxygen atoms in total. The molecule has 3 aromatic rings. The van der Waals surface area contributed by atoms with Crippen molar-refractivity contribution in [2.24, 2.45) is 7.05 Å². The van der Waals surface area contributed by atoms with E-state index in [0.29, 0.717) is 5.56 Å². The highest BCUT2D eigenvalue weighted by molar-refractivity contribution is 5.94. The third kappa shape index (κ3) is 3.92. The van der Waals surface area contributed by atoms with Crippen LogP contribution < -0.4 is 0 Å². The maximum Gasteiger partial charge on any atom is 0.255 e. The summed E-state index contributed by atoms with van der Waals surface area (Å²) in [4.78, 5) is 19.6. The molecule has 4 heterocycles. The van der Waals surface area contributed by atoms with Gasteiger partial charge in [0.2, 0.25) is 0 Å². The minimum atomic E-state index is 0.0744. The number of amides is 1. The number of carbonyl (C=O) groups is 1. The van der Waals surface area contributed by atoms with E-state index in [0.717, 1.165) is 43.6 Å². The van der Waals surface area contributed by atoms with Gasteiger partial charge < -0.3 is 4.90 Å². The third-order valence-electron chi connectivity index (χ3n) is 5.15. The van der Waals surface area contributed by atoms with E-state index in [-0.39, 0.29) is 11.9 Å². The number of carbonyl (C=O) groups excluding carboxylic acids is 1. The van der Waals surface area contributed by atoms with Crippen LogP contribution in [0.5, 0.6) is 0 Å². The standard InChI is InChI=1S/C20H24N6O/c1-24-15-17(14-23-24)19-7-6-16(13-21-19)20(27)26-11-3-2-5-18(26)8-12-25-10-4-9-22-25/h4,6-7,9-10,13-15,18H,2-3,5,8,11-12H2,1H3. The first-order valence-electron chi connectivity index (χ1n) is 9.44. The molecule has 7 heteroatoms. The molecule has 1 aliphatic heterocycles. The number of piperidine rings is 1. The molecule has 1 fully saturated rings. The van der Waals surface area contributed by atoms with Crippen LogP contribution in [0.1, 0.15) is 36.0 Å². The first-order valence-corrected chi connectivity index (χ1v) is 9.44. The van der Waals surface area contributed by atoms with Crippen LogP contribution in [-0.2, 0) is 13.6 Å². The van der Waals surface area contributed by atoms with E-state index in [1.807, 2.05) is 47.2 Å². The lowest BCUT2D eigenvalue weighted by Gasteiger charge is -2.36. The van der Waals surface area contributed by atoms with Crippen LogP contribution in [0.25, 0.3) is 11.3 Å². The maximum absolute atomic E-state index is 13.1. The summed E-state index contributed by atoms with van der Waals surface area (Å²) in [6.07, 6.45) is 13.3. The fourth-order valence-corrected chi connectivity index (χ4v) is 3.69. The predicted molar refractivity (Wildman–Crippen MR) is 102 cm³/mol. The second-order valence-corrected chi connectivity index (χ2v) is 7.04. The Bertz CT molecular complexity index is 884. The number of aryl methyl sites for hydroxylation is 2. The van der Waals surface area contributed by atoms with Crippen LogP contribution in [0.2, 0.25) is 0 Å². The molecule has 1 aliphatic rings. The van der Waals surface area contributed by atoms with E-state index in [9.17, 15) is 4.79 Å². The molecule has 0 radical (unpaired) electrons. The molecule has 0 aromatic carbocycles. The molecule has 0 aliphatic carbocycles. The number of rotatable bonds is 5. The van der Waals surface area contributed by atoms with Crippen molar-refractivity contribution >= 4 is 5.91 Å². The van der Waals surface area contributed by atoms with E-state index >= 15 is 0 Å². The van der Waals surface area contributed by atoms with Gasteiger partial charge in [-0.15, -0.1) is 0 Å². The zero-order valence-electron chi connectivity index (χ0n) is 15.5. The average molecular weight is 364 g/mol. The molecule has 0 spiro atoms. The SMILES string of the molecule is Cn1cc(-c2ccc(C(=O)N3CCCCC3CCn3cccn3)cn2)cn1. The van der Waals surface area contributed by atoms with Crippen LogP contribution in [0, 0.1) is 0 Å². The minimum Gasteiger partial charge on any atom is -0.336 e. The van der Waals surface area contributed by atoms with Crippen molar-refractivity contribution in [3.8, 4) is 11.3 Å². The highest BCUT2D eigenvalue weighted by Crippen LogP contribution is 2.23. The Morgan fingerprint density at radius 1 is 1.22 bits per heavy atom. The van der Waals surface area contributed by atoms with Crippen molar-refractivity contribution in [3.05, 3.63) is 54.7 Å². The van der Waals surface area contributed by atoms with Gasteiger partial charge in [0.15, 0.2) is 0 Å². The number of aromatic nitrogens is 5. The summed E-state index contributed by atoms with van der Waals surface area (Å²) < 4.78 is 3.68. The lowest BCUT2D eigenvalue weighted by atomic mass is 9.98. The summed E-state index contributed by atoms with van der Waals surface area (Å²) in [5.74, 6) is 0.0744. The van der Waals surface area contributed by atoms with Gasteiger partial charge in [-0.1, -0.05) is 0 Å². The maximum atomic E-state index is 13.1. The Kier molecular flexibility index (Phi) is 5.00. The molecule has 0 bridgehead atoms. The van der Waals surface area contributed by atoms with E-state index in [1.54, 1.807) is 23.3 Å². The Morgan fingerprint density at radius 2 is 2.15 bits per heavy atom. The molecule has 4 rings (SSSR count). The van der Waals surface area contributed by atoms with Gasteiger partial charge in [-0.2, -0.15) is 10.2 Å². The van der Waals surface area contributed by atoms with Gasteiger partial charge >= 0.3 is 0 Å². The van der Waals surface area contributed by atoms with Gasteiger partial charge in [0.25, 0.3) is 5.91 Å². The fourth-order valence-electron chi connectivity index (χ4n) is 3.69. The normalized spacial score (nSPS) is 17.2. The summed E-state index contributed by atoms with van der Waals surface area (Å²) in [6.45, 7) is 1.65. The summed E-state index contributed by atoms with van der Waals surface area (Å²) >= 11 is 0. The molecular weight excluding hydrogens is 340 g/mol. The monoisotopic (exact) mass is 364 g/mol. The molecule has 1 amide bonds. The van der Waals surface area contributed by atoms with Crippen molar-refractivity contribution in [1.29, 1.82) is 0 Å². The highest BCUT2D eigenvalue weighted by atomic mass is 16.2. The van der Waals surface area contributed by atoms with E-state index in [4.69, 9.17) is 0 Å². The molecule has 0 saturated carbocycles. The average Bonchev–Trinajstić information content (AvgIpc) is 3.38. The zero-order chi connectivity index (χ0) is 18.6. The number of hydrogen-bond acceptors (Lipinski definition) is 4. The summed E-state index contributed by atoms with van der Waals surface area (Å²) in [6, 6.07) is 5.96. The van der Waals surface area contributed by atoms with Crippen molar-refractivity contribution < 1.29 is 4.79 Å². The summed E-state index contributed by atoms with van der Waals surface area (Å²) in [7, 11) is 1.88. The first-order chi connectivity index (χ1) is 13.2. The van der Waals surface area contributed by atoms with Gasteiger partial charge in [0, 0.05) is 56.5 Å². The molecule has 1 unspecified atom stereocenters. The highest BCUT2D eigenvalue weighted by Gasteiger charge is 2.27. The Morgan fingerprint density at radius 3 is 2.85 bits per heavy atom. The molecule has 1 atom stereocenters. The number of nitrogens with zero attached hydrogens (tertiary/aromatic N) is 6. The number of pyridine rings is 1. The van der Waals surface area contributed by atoms with E-state index in [1.165, 1.54) is 6.42 Å². The Hall–Kier alpha value is -2.96. The predicted octanol–water partition coefficient (Wildman–Crippen LogP) is 2.76. The van der Waals surface area contributed by atoms with Gasteiger partial charge in [0.1, 0.15) is 0 Å². The first kappa shape index (κ1) is 17.5. The van der Waals surface area contributed by atoms with Crippen molar-refractivity contribution in [1.82, 2.24) is 29.4 Å². The van der Waals surface area contributed by atoms with Crippen molar-refractivity contribution in [2.75, 3.05) is 6.54 Å². The largest absolute Gasteiger partial charge is 0.336 e.